The summed E-state index contributed by atoms with van der Waals surface area (Å²) in [6.45, 7) is 6.53. The molecule has 4 rings (SSSR count). The summed E-state index contributed by atoms with van der Waals surface area (Å²) in [5.41, 5.74) is -0.0207. The monoisotopic (exact) mass is 445 g/mol. The van der Waals surface area contributed by atoms with Gasteiger partial charge in [0.05, 0.1) is 12.2 Å². The van der Waals surface area contributed by atoms with Crippen molar-refractivity contribution >= 4 is 11.9 Å². The summed E-state index contributed by atoms with van der Waals surface area (Å²) in [5.74, 6) is 0.784. The van der Waals surface area contributed by atoms with Crippen LogP contribution in [0.1, 0.15) is 59.3 Å². The number of carbonyl (C=O) groups excluding carboxylic acids is 1. The van der Waals surface area contributed by atoms with Crippen molar-refractivity contribution in [1.82, 2.24) is 5.32 Å². The molecule has 4 aliphatic carbocycles. The van der Waals surface area contributed by atoms with E-state index in [0.717, 1.165) is 32.1 Å². The smallest absolute Gasteiger partial charge is 0.322 e. The molecular weight excluding hydrogens is 406 g/mol. The van der Waals surface area contributed by atoms with E-state index >= 15 is 0 Å². The fourth-order valence-electron chi connectivity index (χ4n) is 7.91. The summed E-state index contributed by atoms with van der Waals surface area (Å²) < 4.78 is 0. The number of hydrogen-bond donors (Lipinski definition) is 4. The van der Waals surface area contributed by atoms with Gasteiger partial charge in [-0.05, 0) is 78.4 Å². The maximum absolute atomic E-state index is 12.0. The molecule has 0 spiro atoms. The summed E-state index contributed by atoms with van der Waals surface area (Å²) in [6.07, 6.45) is 12.9. The molecule has 0 aromatic rings. The topological polar surface area (TPSA) is 107 Å². The number of hydrogen-bond acceptors (Lipinski definition) is 4. The molecule has 2 saturated carbocycles. The van der Waals surface area contributed by atoms with E-state index in [2.05, 4.69) is 44.3 Å². The Morgan fingerprint density at radius 1 is 1.09 bits per heavy atom. The molecule has 4 aliphatic rings. The maximum Gasteiger partial charge on any atom is 0.322 e. The number of carbonyl (C=O) groups is 2. The fourth-order valence-corrected chi connectivity index (χ4v) is 7.91. The number of aliphatic carboxylic acids is 1. The van der Waals surface area contributed by atoms with Gasteiger partial charge in [-0.2, -0.15) is 0 Å². The Morgan fingerprint density at radius 3 is 2.53 bits per heavy atom. The van der Waals surface area contributed by atoms with Gasteiger partial charge in [-0.1, -0.05) is 45.1 Å². The van der Waals surface area contributed by atoms with Gasteiger partial charge in [0, 0.05) is 6.42 Å². The molecule has 0 aliphatic heterocycles. The molecule has 0 bridgehead atoms. The van der Waals surface area contributed by atoms with Gasteiger partial charge in [0.15, 0.2) is 0 Å². The molecular formula is C26H39NO5. The van der Waals surface area contributed by atoms with E-state index in [-0.39, 0.29) is 41.2 Å². The van der Waals surface area contributed by atoms with Crippen molar-refractivity contribution < 1.29 is 24.9 Å². The highest BCUT2D eigenvalue weighted by atomic mass is 16.4. The SMILES string of the molecule is C[C@H](CCC(=O)NCC(=O)O)[C@H]1CC[C@H]2[C@@H]3[C@H](O)C[C@@H]4C[C@H](O)C=C[C@]4(C)[C@H]3C=C[C@]12C. The zero-order valence-electron chi connectivity index (χ0n) is 19.5. The fraction of sp³-hybridized carbons (Fsp3) is 0.769. The number of nitrogens with one attached hydrogen (secondary N) is 1. The van der Waals surface area contributed by atoms with E-state index in [0.29, 0.717) is 30.1 Å². The average Bonchev–Trinajstić information content (AvgIpc) is 3.09. The molecule has 0 heterocycles. The van der Waals surface area contributed by atoms with Gasteiger partial charge in [0.25, 0.3) is 0 Å². The molecule has 0 aromatic heterocycles. The molecule has 0 radical (unpaired) electrons. The third-order valence-corrected chi connectivity index (χ3v) is 9.65. The number of carboxylic acid groups (broad SMARTS) is 1. The highest BCUT2D eigenvalue weighted by Crippen LogP contribution is 2.65. The first-order valence-electron chi connectivity index (χ1n) is 12.3. The average molecular weight is 446 g/mol. The molecule has 0 saturated heterocycles. The van der Waals surface area contributed by atoms with Crippen molar-refractivity contribution in [2.75, 3.05) is 6.54 Å². The quantitative estimate of drug-likeness (QED) is 0.470. The van der Waals surface area contributed by atoms with Crippen molar-refractivity contribution in [3.63, 3.8) is 0 Å². The Labute approximate surface area is 191 Å². The third kappa shape index (κ3) is 3.94. The normalized spacial score (nSPS) is 45.5. The highest BCUT2D eigenvalue weighted by Gasteiger charge is 2.60. The van der Waals surface area contributed by atoms with Gasteiger partial charge in [0.2, 0.25) is 5.91 Å². The molecule has 0 unspecified atom stereocenters. The van der Waals surface area contributed by atoms with Crippen molar-refractivity contribution in [3.8, 4) is 0 Å². The summed E-state index contributed by atoms with van der Waals surface area (Å²) in [4.78, 5) is 22.7. The summed E-state index contributed by atoms with van der Waals surface area (Å²) in [7, 11) is 0. The summed E-state index contributed by atoms with van der Waals surface area (Å²) >= 11 is 0. The zero-order chi connectivity index (χ0) is 23.3. The second kappa shape index (κ2) is 8.60. The maximum atomic E-state index is 12.0. The predicted octanol–water partition coefficient (Wildman–Crippen LogP) is 3.15. The highest BCUT2D eigenvalue weighted by molar-refractivity contribution is 5.81. The first-order chi connectivity index (χ1) is 15.1. The number of aliphatic hydroxyl groups excluding tert-OH is 2. The Hall–Kier alpha value is -1.66. The predicted molar refractivity (Wildman–Crippen MR) is 121 cm³/mol. The Bertz CT molecular complexity index is 808. The van der Waals surface area contributed by atoms with Crippen LogP contribution in [0.5, 0.6) is 0 Å². The number of amides is 1. The molecule has 178 valence electrons. The Balaban J connectivity index is 1.50. The second-order valence-corrected chi connectivity index (χ2v) is 11.3. The number of carboxylic acids is 1. The number of fused-ring (bicyclic) bond motifs is 5. The molecule has 6 heteroatoms. The van der Waals surface area contributed by atoms with Crippen molar-refractivity contribution in [2.45, 2.75) is 71.5 Å². The van der Waals surface area contributed by atoms with Crippen LogP contribution in [0.4, 0.5) is 0 Å². The van der Waals surface area contributed by atoms with E-state index in [1.165, 1.54) is 0 Å². The van der Waals surface area contributed by atoms with Crippen LogP contribution >= 0.6 is 0 Å². The number of allylic oxidation sites excluding steroid dienone is 3. The minimum Gasteiger partial charge on any atom is -0.480 e. The van der Waals surface area contributed by atoms with Gasteiger partial charge in [-0.15, -0.1) is 0 Å². The van der Waals surface area contributed by atoms with Crippen LogP contribution in [0.3, 0.4) is 0 Å². The lowest BCUT2D eigenvalue weighted by molar-refractivity contribution is -0.138. The van der Waals surface area contributed by atoms with Crippen LogP contribution in [-0.2, 0) is 9.59 Å². The Morgan fingerprint density at radius 2 is 1.81 bits per heavy atom. The minimum absolute atomic E-state index is 0.000194. The van der Waals surface area contributed by atoms with E-state index in [9.17, 15) is 19.8 Å². The third-order valence-electron chi connectivity index (χ3n) is 9.65. The minimum atomic E-state index is -1.02. The van der Waals surface area contributed by atoms with Gasteiger partial charge in [0.1, 0.15) is 6.54 Å². The summed E-state index contributed by atoms with van der Waals surface area (Å²) in [5, 5.41) is 32.6. The van der Waals surface area contributed by atoms with Crippen molar-refractivity contribution in [2.24, 2.45) is 46.3 Å². The number of rotatable bonds is 6. The van der Waals surface area contributed by atoms with Gasteiger partial charge < -0.3 is 20.6 Å². The lowest BCUT2D eigenvalue weighted by Crippen LogP contribution is -2.56. The molecule has 0 aromatic carbocycles. The largest absolute Gasteiger partial charge is 0.480 e. The molecule has 32 heavy (non-hydrogen) atoms. The lowest BCUT2D eigenvalue weighted by Gasteiger charge is -2.58. The molecule has 4 N–H and O–H groups in total. The van der Waals surface area contributed by atoms with Gasteiger partial charge in [-0.25, -0.2) is 0 Å². The molecule has 2 fully saturated rings. The van der Waals surface area contributed by atoms with Crippen molar-refractivity contribution in [3.05, 3.63) is 24.3 Å². The van der Waals surface area contributed by atoms with Crippen LogP contribution < -0.4 is 5.32 Å². The molecule has 6 nitrogen and oxygen atoms in total. The standard InChI is InChI=1S/C26H39NO5/c1-15(4-7-22(30)27-14-23(31)32)18-5-6-19-24-20(9-11-26(18,19)3)25(2)10-8-17(28)12-16(25)13-21(24)29/h8-11,15-21,24,28-29H,4-7,12-14H2,1-3H3,(H,27,30)(H,31,32)/t15-,16+,17-,18-,19+,20+,21-,24+,25+,26-/m1/s1. The van der Waals surface area contributed by atoms with Crippen LogP contribution in [0, 0.1) is 46.3 Å². The van der Waals surface area contributed by atoms with Crippen LogP contribution in [0.15, 0.2) is 24.3 Å². The van der Waals surface area contributed by atoms with Gasteiger partial charge >= 0.3 is 5.97 Å². The molecule has 10 atom stereocenters. The van der Waals surface area contributed by atoms with Crippen LogP contribution in [0.2, 0.25) is 0 Å². The van der Waals surface area contributed by atoms with E-state index in [1.807, 2.05) is 6.08 Å². The van der Waals surface area contributed by atoms with E-state index in [4.69, 9.17) is 5.11 Å². The van der Waals surface area contributed by atoms with E-state index in [1.54, 1.807) is 0 Å². The molecule has 1 amide bonds. The first-order valence-corrected chi connectivity index (χ1v) is 12.3. The zero-order valence-corrected chi connectivity index (χ0v) is 19.5. The Kier molecular flexibility index (Phi) is 6.32. The van der Waals surface area contributed by atoms with Crippen LogP contribution in [-0.4, -0.2) is 45.9 Å². The van der Waals surface area contributed by atoms with Crippen molar-refractivity contribution in [1.29, 1.82) is 0 Å². The number of aliphatic hydroxyl groups is 2. The van der Waals surface area contributed by atoms with Crippen LogP contribution in [0.25, 0.3) is 0 Å². The second-order valence-electron chi connectivity index (χ2n) is 11.3. The first kappa shape index (κ1) is 23.5. The van der Waals surface area contributed by atoms with Gasteiger partial charge in [-0.3, -0.25) is 9.59 Å². The van der Waals surface area contributed by atoms with E-state index < -0.39 is 12.1 Å². The lowest BCUT2D eigenvalue weighted by atomic mass is 9.47. The summed E-state index contributed by atoms with van der Waals surface area (Å²) in [6, 6.07) is 0.